The zero-order chi connectivity index (χ0) is 41.7. The molecule has 20 nitrogen and oxygen atoms in total. The predicted molar refractivity (Wildman–Crippen MR) is 214 cm³/mol. The number of aromatic nitrogens is 6. The molecule has 3 aromatic heterocycles. The van der Waals surface area contributed by atoms with Gasteiger partial charge in [-0.15, -0.1) is 0 Å². The summed E-state index contributed by atoms with van der Waals surface area (Å²) in [5, 5.41) is 25.7. The molecule has 2 aliphatic rings. The Hall–Kier alpha value is -3.03. The number of nitrogens with zero attached hydrogens (tertiary/aromatic N) is 6. The summed E-state index contributed by atoms with van der Waals surface area (Å²) in [6.45, 7) is 8.94. The second-order valence-corrected chi connectivity index (χ2v) is 24.1. The van der Waals surface area contributed by atoms with Crippen molar-refractivity contribution in [2.45, 2.75) is 109 Å². The molecule has 57 heavy (non-hydrogen) atoms. The van der Waals surface area contributed by atoms with Gasteiger partial charge in [0.2, 0.25) is 11.9 Å². The molecule has 24 heteroatoms. The molecule has 5 N–H and O–H groups in total. The highest BCUT2D eigenvalue weighted by Gasteiger charge is 2.54. The Morgan fingerprint density at radius 3 is 2.65 bits per heavy atom. The number of rotatable bonds is 18. The van der Waals surface area contributed by atoms with Gasteiger partial charge in [-0.2, -0.15) is 10.2 Å². The average Bonchev–Trinajstić information content (AvgIpc) is 3.82. The van der Waals surface area contributed by atoms with Crippen LogP contribution in [-0.2, 0) is 48.4 Å². The highest BCUT2D eigenvalue weighted by molar-refractivity contribution is 8.07. The highest BCUT2D eigenvalue weighted by atomic mass is 32.5. The monoisotopic (exact) mass is 871 g/mol. The third-order valence-electron chi connectivity index (χ3n) is 10.2. The SMILES string of the molecule is CC(C)C(=O)Nc1nc2c(ncn2[C@@H]2O[C@H](CO)[C@@H](O[Si](C)(C)C(C)(C)C)[C@@H]2OP(=S)(OCCC#N)OC[C@H]2C[C@@H](Nc3ccncn3)C[C@@H]2O[PH](=O)O)c(=O)[nH]1. The topological polar surface area (TPSA) is 267 Å². The number of amides is 1. The number of H-pyrrole nitrogens is 1. The maximum Gasteiger partial charge on any atom is 0.327 e. The van der Waals surface area contributed by atoms with Gasteiger partial charge in [0.05, 0.1) is 44.7 Å². The summed E-state index contributed by atoms with van der Waals surface area (Å²) >= 11 is 6.03. The lowest BCUT2D eigenvalue weighted by atomic mass is 10.1. The van der Waals surface area contributed by atoms with Gasteiger partial charge in [0.1, 0.15) is 30.5 Å². The number of anilines is 2. The van der Waals surface area contributed by atoms with Crippen LogP contribution < -0.4 is 16.2 Å². The lowest BCUT2D eigenvalue weighted by molar-refractivity contribution is -0.118. The van der Waals surface area contributed by atoms with Crippen LogP contribution in [0.1, 0.15) is 60.1 Å². The molecule has 1 aliphatic heterocycles. The van der Waals surface area contributed by atoms with Crippen LogP contribution in [0.5, 0.6) is 0 Å². The number of ether oxygens (including phenoxy) is 1. The smallest absolute Gasteiger partial charge is 0.327 e. The number of nitrogens with one attached hydrogen (secondary N) is 3. The molecule has 5 rings (SSSR count). The first-order valence-corrected chi connectivity index (χ1v) is 25.2. The molecule has 4 heterocycles. The van der Waals surface area contributed by atoms with Crippen LogP contribution in [-0.4, -0.2) is 104 Å². The van der Waals surface area contributed by atoms with Crippen LogP contribution in [0.25, 0.3) is 11.2 Å². The van der Waals surface area contributed by atoms with Gasteiger partial charge in [-0.25, -0.2) is 15.0 Å². The van der Waals surface area contributed by atoms with Crippen LogP contribution in [0.15, 0.2) is 29.7 Å². The molecule has 1 saturated heterocycles. The van der Waals surface area contributed by atoms with Crippen molar-refractivity contribution in [3.8, 4) is 6.07 Å². The first-order chi connectivity index (χ1) is 26.8. The van der Waals surface area contributed by atoms with Crippen molar-refractivity contribution in [2.75, 3.05) is 30.5 Å². The van der Waals surface area contributed by atoms with E-state index in [-0.39, 0.29) is 53.7 Å². The first-order valence-electron chi connectivity index (χ1n) is 18.4. The second-order valence-electron chi connectivity index (χ2n) is 15.6. The number of nitriles is 1. The fraction of sp³-hybridized carbons (Fsp3) is 0.667. The molecule has 0 aromatic carbocycles. The number of hydrogen-bond acceptors (Lipinski definition) is 17. The summed E-state index contributed by atoms with van der Waals surface area (Å²) in [5.74, 6) is -0.791. The van der Waals surface area contributed by atoms with Crippen molar-refractivity contribution in [3.63, 3.8) is 0 Å². The number of aliphatic hydroxyl groups excluding tert-OH is 1. The van der Waals surface area contributed by atoms with E-state index in [2.05, 4.69) is 56.3 Å². The molecule has 3 aromatic rings. The van der Waals surface area contributed by atoms with Crippen LogP contribution in [0, 0.1) is 23.2 Å². The van der Waals surface area contributed by atoms with Crippen molar-refractivity contribution >= 4 is 63.9 Å². The molecule has 1 amide bonds. The third-order valence-corrected chi connectivity index (χ3v) is 17.5. The van der Waals surface area contributed by atoms with Crippen molar-refractivity contribution in [1.29, 1.82) is 5.26 Å². The largest absolute Gasteiger partial charge is 0.408 e. The van der Waals surface area contributed by atoms with Crippen LogP contribution >= 0.6 is 15.0 Å². The van der Waals surface area contributed by atoms with Gasteiger partial charge in [-0.05, 0) is 48.8 Å². The number of aromatic amines is 1. The predicted octanol–water partition coefficient (Wildman–Crippen LogP) is 4.00. The van der Waals surface area contributed by atoms with E-state index >= 15 is 0 Å². The van der Waals surface area contributed by atoms with E-state index in [1.165, 1.54) is 17.2 Å². The van der Waals surface area contributed by atoms with E-state index < -0.39 is 77.9 Å². The van der Waals surface area contributed by atoms with E-state index in [4.69, 9.17) is 39.1 Å². The Labute approximate surface area is 336 Å². The van der Waals surface area contributed by atoms with Crippen molar-refractivity contribution < 1.29 is 46.6 Å². The van der Waals surface area contributed by atoms with Crippen LogP contribution in [0.2, 0.25) is 18.1 Å². The van der Waals surface area contributed by atoms with E-state index in [0.717, 1.165) is 0 Å². The highest BCUT2D eigenvalue weighted by Crippen LogP contribution is 2.56. The molecule has 314 valence electrons. The van der Waals surface area contributed by atoms with E-state index in [0.29, 0.717) is 18.7 Å². The van der Waals surface area contributed by atoms with Gasteiger partial charge >= 0.3 is 15.0 Å². The van der Waals surface area contributed by atoms with Crippen LogP contribution in [0.4, 0.5) is 11.8 Å². The minimum Gasteiger partial charge on any atom is -0.408 e. The minimum absolute atomic E-state index is 0.0353. The van der Waals surface area contributed by atoms with Gasteiger partial charge in [-0.1, -0.05) is 34.6 Å². The lowest BCUT2D eigenvalue weighted by Crippen LogP contribution is -2.50. The summed E-state index contributed by atoms with van der Waals surface area (Å²) in [5.41, 5.74) is -0.649. The van der Waals surface area contributed by atoms with Gasteiger partial charge in [0.15, 0.2) is 25.7 Å². The fourth-order valence-electron chi connectivity index (χ4n) is 6.16. The fourth-order valence-corrected chi connectivity index (χ4v) is 10.1. The molecule has 2 fully saturated rings. The number of carbonyl (C=O) groups is 1. The molecule has 9 atom stereocenters. The van der Waals surface area contributed by atoms with Gasteiger partial charge < -0.3 is 38.1 Å². The van der Waals surface area contributed by atoms with Crippen LogP contribution in [0.3, 0.4) is 0 Å². The van der Waals surface area contributed by atoms with E-state index in [1.807, 2.05) is 19.2 Å². The van der Waals surface area contributed by atoms with Gasteiger partial charge in [0.25, 0.3) is 5.56 Å². The summed E-state index contributed by atoms with van der Waals surface area (Å²) < 4.78 is 51.3. The Morgan fingerprint density at radius 2 is 2.02 bits per heavy atom. The quantitative estimate of drug-likeness (QED) is 0.0687. The molecular weight excluding hydrogens is 821 g/mol. The maximum atomic E-state index is 13.2. The normalized spacial score (nSPS) is 25.7. The Balaban J connectivity index is 1.52. The lowest BCUT2D eigenvalue weighted by Gasteiger charge is -2.41. The van der Waals surface area contributed by atoms with Gasteiger partial charge in [-0.3, -0.25) is 33.5 Å². The number of hydrogen-bond donors (Lipinski definition) is 5. The number of fused-ring (bicyclic) bond motifs is 1. The Kier molecular flexibility index (Phi) is 15.0. The number of carbonyl (C=O) groups excluding carboxylic acids is 1. The zero-order valence-electron chi connectivity index (χ0n) is 32.8. The molecule has 0 radical (unpaired) electrons. The Bertz CT molecular complexity index is 2030. The number of imidazole rings is 1. The summed E-state index contributed by atoms with van der Waals surface area (Å²) in [7, 11) is -5.98. The first kappa shape index (κ1) is 45.1. The summed E-state index contributed by atoms with van der Waals surface area (Å²) in [4.78, 5) is 54.9. The molecule has 2 unspecified atom stereocenters. The molecule has 1 saturated carbocycles. The van der Waals surface area contributed by atoms with Gasteiger partial charge in [0, 0.05) is 24.1 Å². The standard InChI is InChI=1S/C33H51N9O11P2SSi/c1-19(2)29(44)40-32-39-28-25(30(45)41-32)37-18-42(28)31-27(26(23(15-43)50-31)53-57(6,7)33(3,4)5)52-55(56,48-12-8-10-34)49-16-20-13-21(14-22(20)51-54(46)47)38-24-9-11-35-17-36-24/h9,11,17-23,26-27,31,43,54H,8,12-16H2,1-7H3,(H,46,47)(H,35,36,38)(H2,39,40,41,44,45)/t20-,21-,22+,23-,26-,27+,31-,55?/m1/s1. The summed E-state index contributed by atoms with van der Waals surface area (Å²) in [6, 6.07) is 3.51. The number of aliphatic hydroxyl groups is 1. The zero-order valence-corrected chi connectivity index (χ0v) is 36.5. The third kappa shape index (κ3) is 11.2. The Morgan fingerprint density at radius 1 is 1.26 bits per heavy atom. The van der Waals surface area contributed by atoms with E-state index in [9.17, 15) is 29.4 Å². The van der Waals surface area contributed by atoms with Crippen molar-refractivity contribution in [1.82, 2.24) is 29.5 Å². The molecule has 0 spiro atoms. The average molecular weight is 872 g/mol. The van der Waals surface area contributed by atoms with Crippen molar-refractivity contribution in [3.05, 3.63) is 35.3 Å². The molecule has 0 bridgehead atoms. The minimum atomic E-state index is -3.88. The molecule has 1 aliphatic carbocycles. The molecular formula is C33H51N9O11P2SSi. The van der Waals surface area contributed by atoms with E-state index in [1.54, 1.807) is 26.1 Å². The summed E-state index contributed by atoms with van der Waals surface area (Å²) in [6.07, 6.45) is 0.0695. The maximum absolute atomic E-state index is 13.2. The second kappa shape index (κ2) is 18.9. The van der Waals surface area contributed by atoms with Crippen molar-refractivity contribution in [2.24, 2.45) is 11.8 Å².